The molecule has 2 N–H and O–H groups in total. The first-order chi connectivity index (χ1) is 9.60. The molecular formula is C14H23N5O. The lowest BCUT2D eigenvalue weighted by Gasteiger charge is -2.20. The van der Waals surface area contributed by atoms with Crippen molar-refractivity contribution >= 4 is 11.7 Å². The van der Waals surface area contributed by atoms with Crippen molar-refractivity contribution in [2.45, 2.75) is 26.3 Å². The lowest BCUT2D eigenvalue weighted by Crippen LogP contribution is -2.33. The number of carbonyl (C=O) groups excluding carboxylic acids is 1. The first-order valence-electron chi connectivity index (χ1n) is 7.12. The molecule has 1 aliphatic rings. The maximum absolute atomic E-state index is 12.0. The molecule has 6 heteroatoms. The Balaban J connectivity index is 1.80. The second kappa shape index (κ2) is 6.65. The van der Waals surface area contributed by atoms with E-state index in [0.29, 0.717) is 30.0 Å². The molecule has 0 saturated carbocycles. The van der Waals surface area contributed by atoms with Gasteiger partial charge in [0, 0.05) is 26.2 Å². The zero-order valence-electron chi connectivity index (χ0n) is 12.4. The summed E-state index contributed by atoms with van der Waals surface area (Å²) in [4.78, 5) is 22.6. The molecule has 2 rings (SSSR count). The minimum absolute atomic E-state index is 0.150. The molecule has 1 unspecified atom stereocenters. The van der Waals surface area contributed by atoms with Gasteiger partial charge >= 0.3 is 0 Å². The number of amides is 1. The Hall–Kier alpha value is -1.69. The van der Waals surface area contributed by atoms with Crippen molar-refractivity contribution in [3.63, 3.8) is 0 Å². The molecule has 1 atom stereocenters. The number of hydrogen-bond donors (Lipinski definition) is 2. The number of carbonyl (C=O) groups is 1. The van der Waals surface area contributed by atoms with Gasteiger partial charge in [-0.15, -0.1) is 0 Å². The predicted molar refractivity (Wildman–Crippen MR) is 78.7 cm³/mol. The van der Waals surface area contributed by atoms with E-state index in [0.717, 1.165) is 19.5 Å². The molecule has 1 amide bonds. The molecule has 0 radical (unpaired) electrons. The summed E-state index contributed by atoms with van der Waals surface area (Å²) in [6, 6.07) is 0.579. The number of rotatable bonds is 5. The van der Waals surface area contributed by atoms with Gasteiger partial charge in [0.25, 0.3) is 5.91 Å². The minimum atomic E-state index is -0.150. The fourth-order valence-electron chi connectivity index (χ4n) is 2.40. The molecule has 1 saturated heterocycles. The fourth-order valence-corrected chi connectivity index (χ4v) is 2.40. The molecule has 110 valence electrons. The molecular weight excluding hydrogens is 254 g/mol. The van der Waals surface area contributed by atoms with E-state index in [1.807, 2.05) is 0 Å². The molecule has 2 heterocycles. The van der Waals surface area contributed by atoms with E-state index < -0.39 is 0 Å². The molecule has 1 aliphatic heterocycles. The number of likely N-dealkylation sites (tertiary alicyclic amines) is 1. The predicted octanol–water partition coefficient (Wildman–Crippen LogP) is 0.978. The van der Waals surface area contributed by atoms with Gasteiger partial charge in [0.1, 0.15) is 11.5 Å². The summed E-state index contributed by atoms with van der Waals surface area (Å²) < 4.78 is 0. The van der Waals surface area contributed by atoms with Crippen LogP contribution in [0.5, 0.6) is 0 Å². The third-order valence-corrected chi connectivity index (χ3v) is 3.74. The van der Waals surface area contributed by atoms with Crippen LogP contribution in [0.25, 0.3) is 0 Å². The number of hydrogen-bond acceptors (Lipinski definition) is 5. The van der Waals surface area contributed by atoms with Gasteiger partial charge in [0.15, 0.2) is 0 Å². The number of anilines is 1. The van der Waals surface area contributed by atoms with Crippen LogP contribution in [0.1, 0.15) is 30.8 Å². The summed E-state index contributed by atoms with van der Waals surface area (Å²) in [5.41, 5.74) is 0.364. The third kappa shape index (κ3) is 3.66. The Morgan fingerprint density at radius 2 is 2.25 bits per heavy atom. The van der Waals surface area contributed by atoms with Crippen LogP contribution in [0.2, 0.25) is 0 Å². The maximum atomic E-state index is 12.0. The first kappa shape index (κ1) is 14.7. The van der Waals surface area contributed by atoms with E-state index in [9.17, 15) is 4.79 Å². The summed E-state index contributed by atoms with van der Waals surface area (Å²) in [6.07, 6.45) is 4.20. The molecule has 1 aromatic rings. The third-order valence-electron chi connectivity index (χ3n) is 3.74. The van der Waals surface area contributed by atoms with Gasteiger partial charge < -0.3 is 15.5 Å². The second-order valence-corrected chi connectivity index (χ2v) is 5.49. The molecule has 0 aliphatic carbocycles. The van der Waals surface area contributed by atoms with Gasteiger partial charge in [-0.05, 0) is 32.7 Å². The van der Waals surface area contributed by atoms with Crippen LogP contribution < -0.4 is 10.6 Å². The Kier molecular flexibility index (Phi) is 4.89. The number of nitrogens with zero attached hydrogens (tertiary/aromatic N) is 3. The highest BCUT2D eigenvalue weighted by atomic mass is 16.1. The minimum Gasteiger partial charge on any atom is -0.372 e. The van der Waals surface area contributed by atoms with Gasteiger partial charge in [0.2, 0.25) is 0 Å². The van der Waals surface area contributed by atoms with E-state index >= 15 is 0 Å². The van der Waals surface area contributed by atoms with Crippen molar-refractivity contribution in [1.29, 1.82) is 0 Å². The quantitative estimate of drug-likeness (QED) is 0.839. The maximum Gasteiger partial charge on any atom is 0.271 e. The lowest BCUT2D eigenvalue weighted by molar-refractivity contribution is 0.0942. The van der Waals surface area contributed by atoms with Crippen molar-refractivity contribution in [3.05, 3.63) is 18.1 Å². The van der Waals surface area contributed by atoms with E-state index in [1.54, 1.807) is 13.2 Å². The molecule has 6 nitrogen and oxygen atoms in total. The molecule has 1 fully saturated rings. The highest BCUT2D eigenvalue weighted by molar-refractivity contribution is 5.91. The summed E-state index contributed by atoms with van der Waals surface area (Å²) in [5.74, 6) is 1.04. The van der Waals surface area contributed by atoms with Crippen LogP contribution in [-0.4, -0.2) is 53.5 Å². The van der Waals surface area contributed by atoms with Crippen LogP contribution in [0.15, 0.2) is 12.4 Å². The average molecular weight is 277 g/mol. The Bertz CT molecular complexity index is 445. The van der Waals surface area contributed by atoms with Crippen molar-refractivity contribution in [3.8, 4) is 0 Å². The SMILES string of the molecule is CNc1cnc(C(=O)NCC2CCN(C(C)C)C2)cn1. The fraction of sp³-hybridized carbons (Fsp3) is 0.643. The monoisotopic (exact) mass is 277 g/mol. The summed E-state index contributed by atoms with van der Waals surface area (Å²) in [6.45, 7) is 7.30. The summed E-state index contributed by atoms with van der Waals surface area (Å²) >= 11 is 0. The van der Waals surface area contributed by atoms with Crippen molar-refractivity contribution < 1.29 is 4.79 Å². The highest BCUT2D eigenvalue weighted by Gasteiger charge is 2.24. The van der Waals surface area contributed by atoms with Crippen LogP contribution >= 0.6 is 0 Å². The molecule has 0 aromatic carbocycles. The zero-order chi connectivity index (χ0) is 14.5. The van der Waals surface area contributed by atoms with Crippen molar-refractivity contribution in [2.24, 2.45) is 5.92 Å². The van der Waals surface area contributed by atoms with Crippen LogP contribution in [0.4, 0.5) is 5.82 Å². The van der Waals surface area contributed by atoms with E-state index in [4.69, 9.17) is 0 Å². The normalized spacial score (nSPS) is 19.3. The van der Waals surface area contributed by atoms with Crippen molar-refractivity contribution in [1.82, 2.24) is 20.2 Å². The van der Waals surface area contributed by atoms with Gasteiger partial charge in [0.05, 0.1) is 12.4 Å². The Labute approximate surface area is 120 Å². The smallest absolute Gasteiger partial charge is 0.271 e. The van der Waals surface area contributed by atoms with E-state index in [2.05, 4.69) is 39.3 Å². The lowest BCUT2D eigenvalue weighted by atomic mass is 10.1. The topological polar surface area (TPSA) is 70.2 Å². The Morgan fingerprint density at radius 1 is 1.45 bits per heavy atom. The molecule has 1 aromatic heterocycles. The van der Waals surface area contributed by atoms with Crippen LogP contribution in [0, 0.1) is 5.92 Å². The summed E-state index contributed by atoms with van der Waals surface area (Å²) in [7, 11) is 1.77. The first-order valence-corrected chi connectivity index (χ1v) is 7.12. The Morgan fingerprint density at radius 3 is 2.80 bits per heavy atom. The average Bonchev–Trinajstić information content (AvgIpc) is 2.94. The summed E-state index contributed by atoms with van der Waals surface area (Å²) in [5, 5.41) is 5.82. The largest absolute Gasteiger partial charge is 0.372 e. The molecule has 20 heavy (non-hydrogen) atoms. The van der Waals surface area contributed by atoms with Gasteiger partial charge in [-0.25, -0.2) is 9.97 Å². The zero-order valence-corrected chi connectivity index (χ0v) is 12.4. The number of aromatic nitrogens is 2. The van der Waals surface area contributed by atoms with Gasteiger partial charge in [-0.1, -0.05) is 0 Å². The van der Waals surface area contributed by atoms with Crippen LogP contribution in [-0.2, 0) is 0 Å². The second-order valence-electron chi connectivity index (χ2n) is 5.49. The van der Waals surface area contributed by atoms with Crippen LogP contribution in [0.3, 0.4) is 0 Å². The van der Waals surface area contributed by atoms with Crippen molar-refractivity contribution in [2.75, 3.05) is 32.0 Å². The highest BCUT2D eigenvalue weighted by Crippen LogP contribution is 2.17. The van der Waals surface area contributed by atoms with E-state index in [-0.39, 0.29) is 5.91 Å². The number of nitrogens with one attached hydrogen (secondary N) is 2. The molecule has 0 bridgehead atoms. The molecule has 0 spiro atoms. The van der Waals surface area contributed by atoms with E-state index in [1.165, 1.54) is 6.20 Å². The standard InChI is InChI=1S/C14H23N5O/c1-10(2)19-5-4-11(9-19)6-18-14(20)12-7-17-13(15-3)8-16-12/h7-8,10-11H,4-6,9H2,1-3H3,(H,15,17)(H,18,20). The van der Waals surface area contributed by atoms with Gasteiger partial charge in [-0.2, -0.15) is 0 Å². The van der Waals surface area contributed by atoms with Gasteiger partial charge in [-0.3, -0.25) is 4.79 Å².